The maximum Gasteiger partial charge on any atom is 0.331 e. The highest BCUT2D eigenvalue weighted by Gasteiger charge is 2.48. The normalized spacial score (nSPS) is 22.4. The highest BCUT2D eigenvalue weighted by molar-refractivity contribution is 7.14. The lowest BCUT2D eigenvalue weighted by Gasteiger charge is -2.38. The first-order valence-electron chi connectivity index (χ1n) is 10.3. The van der Waals surface area contributed by atoms with E-state index in [-0.39, 0.29) is 17.8 Å². The molecular weight excluding hydrogens is 402 g/mol. The van der Waals surface area contributed by atoms with Gasteiger partial charge in [-0.2, -0.15) is 0 Å². The number of anilines is 1. The molecule has 2 aromatic rings. The van der Waals surface area contributed by atoms with Crippen LogP contribution in [0.1, 0.15) is 37.6 Å². The molecule has 1 atom stereocenters. The summed E-state index contributed by atoms with van der Waals surface area (Å²) in [6.07, 6.45) is 6.61. The largest absolute Gasteiger partial charge is 0.467 e. The zero-order valence-electron chi connectivity index (χ0n) is 17.6. The van der Waals surface area contributed by atoms with E-state index in [1.807, 2.05) is 26.1 Å². The van der Waals surface area contributed by atoms with Crippen LogP contribution in [-0.4, -0.2) is 64.2 Å². The van der Waals surface area contributed by atoms with Crippen molar-refractivity contribution < 1.29 is 14.3 Å². The fraction of sp³-hybridized carbons (Fsp3) is 0.571. The fourth-order valence-electron chi connectivity index (χ4n) is 4.56. The van der Waals surface area contributed by atoms with Crippen molar-refractivity contribution in [1.82, 2.24) is 20.1 Å². The molecule has 0 saturated carbocycles. The van der Waals surface area contributed by atoms with E-state index in [9.17, 15) is 9.59 Å². The molecule has 4 heterocycles. The fourth-order valence-corrected chi connectivity index (χ4v) is 5.29. The first-order chi connectivity index (χ1) is 14.4. The Kier molecular flexibility index (Phi) is 5.73. The second-order valence-electron chi connectivity index (χ2n) is 8.14. The van der Waals surface area contributed by atoms with Gasteiger partial charge in [0.1, 0.15) is 15.6 Å². The molecule has 1 amide bonds. The molecule has 2 aromatic heterocycles. The third-order valence-electron chi connectivity index (χ3n) is 6.27. The van der Waals surface area contributed by atoms with Crippen molar-refractivity contribution in [2.24, 2.45) is 5.92 Å². The van der Waals surface area contributed by atoms with E-state index in [2.05, 4.69) is 20.1 Å². The second-order valence-corrected chi connectivity index (χ2v) is 9.32. The Morgan fingerprint density at radius 2 is 2.00 bits per heavy atom. The van der Waals surface area contributed by atoms with Crippen LogP contribution in [0, 0.1) is 12.8 Å². The summed E-state index contributed by atoms with van der Waals surface area (Å²) in [6.45, 7) is 5.91. The van der Waals surface area contributed by atoms with Gasteiger partial charge in [-0.1, -0.05) is 11.3 Å². The van der Waals surface area contributed by atoms with E-state index in [0.29, 0.717) is 13.0 Å². The van der Waals surface area contributed by atoms with E-state index in [0.717, 1.165) is 53.6 Å². The molecule has 2 fully saturated rings. The van der Waals surface area contributed by atoms with E-state index in [4.69, 9.17) is 4.74 Å². The number of esters is 1. The quantitative estimate of drug-likeness (QED) is 0.691. The van der Waals surface area contributed by atoms with Gasteiger partial charge in [-0.25, -0.2) is 4.79 Å². The smallest absolute Gasteiger partial charge is 0.331 e. The van der Waals surface area contributed by atoms with Crippen LogP contribution in [0.25, 0.3) is 10.6 Å². The third kappa shape index (κ3) is 3.66. The molecule has 4 rings (SSSR count). The van der Waals surface area contributed by atoms with Crippen molar-refractivity contribution in [2.45, 2.75) is 45.1 Å². The lowest BCUT2D eigenvalue weighted by atomic mass is 9.92. The van der Waals surface area contributed by atoms with Gasteiger partial charge in [-0.3, -0.25) is 9.78 Å². The van der Waals surface area contributed by atoms with E-state index in [1.54, 1.807) is 22.4 Å². The molecule has 9 heteroatoms. The first kappa shape index (κ1) is 20.7. The second kappa shape index (κ2) is 8.29. The van der Waals surface area contributed by atoms with Gasteiger partial charge in [0.05, 0.1) is 19.0 Å². The van der Waals surface area contributed by atoms with Gasteiger partial charge in [-0.15, -0.1) is 10.2 Å². The molecule has 8 nitrogen and oxygen atoms in total. The Bertz CT molecular complexity index is 940. The predicted molar refractivity (Wildman–Crippen MR) is 114 cm³/mol. The Morgan fingerprint density at radius 3 is 2.67 bits per heavy atom. The summed E-state index contributed by atoms with van der Waals surface area (Å²) in [5.41, 5.74) is 1.22. The molecular formula is C21H27N5O3S. The van der Waals surface area contributed by atoms with Crippen LogP contribution >= 0.6 is 11.3 Å². The molecule has 0 bridgehead atoms. The van der Waals surface area contributed by atoms with Gasteiger partial charge in [0, 0.05) is 37.3 Å². The Balaban J connectivity index is 1.46. The zero-order chi connectivity index (χ0) is 21.3. The summed E-state index contributed by atoms with van der Waals surface area (Å²) in [5, 5.41) is 10.2. The number of aryl methyl sites for hydroxylation is 1. The van der Waals surface area contributed by atoms with Crippen molar-refractivity contribution >= 4 is 28.9 Å². The minimum atomic E-state index is -0.838. The monoisotopic (exact) mass is 429 g/mol. The number of piperidine rings is 1. The molecule has 2 saturated heterocycles. The Labute approximate surface area is 180 Å². The number of carbonyl (C=O) groups excluding carboxylic acids is 2. The Hall–Kier alpha value is -2.55. The SMILES string of the molecule is COC(=O)[C@@]1(C)CCCN1C(=O)C1CCN(c2cnccc2-c2nnc(C)s2)CC1. The van der Waals surface area contributed by atoms with Gasteiger partial charge in [-0.05, 0) is 45.6 Å². The van der Waals surface area contributed by atoms with Crippen molar-refractivity contribution in [3.05, 3.63) is 23.5 Å². The van der Waals surface area contributed by atoms with Crippen molar-refractivity contribution in [1.29, 1.82) is 0 Å². The summed E-state index contributed by atoms with van der Waals surface area (Å²) < 4.78 is 4.98. The molecule has 0 aromatic carbocycles. The van der Waals surface area contributed by atoms with Crippen molar-refractivity contribution in [3.63, 3.8) is 0 Å². The summed E-state index contributed by atoms with van der Waals surface area (Å²) in [7, 11) is 1.39. The number of pyridine rings is 1. The van der Waals surface area contributed by atoms with Crippen LogP contribution in [0.15, 0.2) is 18.5 Å². The standard InChI is InChI=1S/C21H27N5O3S/c1-14-23-24-18(30-14)16-5-9-22-13-17(16)25-11-6-15(7-12-25)19(27)26-10-4-8-21(26,2)20(28)29-3/h5,9,13,15H,4,6-8,10-12H2,1-3H3/t21-/m1/s1. The molecule has 0 spiro atoms. The van der Waals surface area contributed by atoms with Crippen LogP contribution in [-0.2, 0) is 14.3 Å². The summed E-state index contributed by atoms with van der Waals surface area (Å²) >= 11 is 1.56. The van der Waals surface area contributed by atoms with Crippen molar-refractivity contribution in [3.8, 4) is 10.6 Å². The molecule has 160 valence electrons. The molecule has 0 radical (unpaired) electrons. The molecule has 0 N–H and O–H groups in total. The number of hydrogen-bond donors (Lipinski definition) is 0. The highest BCUT2D eigenvalue weighted by Crippen LogP contribution is 2.36. The predicted octanol–water partition coefficient (Wildman–Crippen LogP) is 2.68. The van der Waals surface area contributed by atoms with Crippen LogP contribution in [0.4, 0.5) is 5.69 Å². The molecule has 2 aliphatic heterocycles. The third-order valence-corrected chi connectivity index (χ3v) is 7.15. The van der Waals surface area contributed by atoms with Crippen LogP contribution in [0.2, 0.25) is 0 Å². The summed E-state index contributed by atoms with van der Waals surface area (Å²) in [4.78, 5) is 33.9. The number of nitrogens with zero attached hydrogens (tertiary/aromatic N) is 5. The zero-order valence-corrected chi connectivity index (χ0v) is 18.4. The lowest BCUT2D eigenvalue weighted by Crippen LogP contribution is -2.54. The van der Waals surface area contributed by atoms with Crippen molar-refractivity contribution in [2.75, 3.05) is 31.6 Å². The van der Waals surface area contributed by atoms with Crippen LogP contribution in [0.3, 0.4) is 0 Å². The van der Waals surface area contributed by atoms with Gasteiger partial charge in [0.25, 0.3) is 0 Å². The summed E-state index contributed by atoms with van der Waals surface area (Å²) in [5.74, 6) is -0.323. The topological polar surface area (TPSA) is 88.5 Å². The lowest BCUT2D eigenvalue weighted by molar-refractivity contribution is -0.159. The molecule has 2 aliphatic rings. The number of likely N-dealkylation sites (tertiary alicyclic amines) is 1. The average molecular weight is 430 g/mol. The maximum atomic E-state index is 13.2. The van der Waals surface area contributed by atoms with E-state index in [1.165, 1.54) is 7.11 Å². The number of amides is 1. The molecule has 0 unspecified atom stereocenters. The number of hydrogen-bond acceptors (Lipinski definition) is 8. The van der Waals surface area contributed by atoms with Crippen LogP contribution in [0.5, 0.6) is 0 Å². The number of rotatable bonds is 4. The number of methoxy groups -OCH3 is 1. The highest BCUT2D eigenvalue weighted by atomic mass is 32.1. The molecule has 30 heavy (non-hydrogen) atoms. The van der Waals surface area contributed by atoms with Crippen LogP contribution < -0.4 is 4.90 Å². The minimum Gasteiger partial charge on any atom is -0.467 e. The maximum absolute atomic E-state index is 13.2. The van der Waals surface area contributed by atoms with E-state index < -0.39 is 5.54 Å². The number of ether oxygens (including phenoxy) is 1. The number of aromatic nitrogens is 3. The summed E-state index contributed by atoms with van der Waals surface area (Å²) in [6, 6.07) is 1.97. The first-order valence-corrected chi connectivity index (χ1v) is 11.1. The Morgan fingerprint density at radius 1 is 1.23 bits per heavy atom. The van der Waals surface area contributed by atoms with Gasteiger partial charge < -0.3 is 14.5 Å². The molecule has 0 aliphatic carbocycles. The number of carbonyl (C=O) groups is 2. The van der Waals surface area contributed by atoms with Gasteiger partial charge in [0.2, 0.25) is 5.91 Å². The average Bonchev–Trinajstić information content (AvgIpc) is 3.39. The van der Waals surface area contributed by atoms with Gasteiger partial charge in [0.15, 0.2) is 0 Å². The minimum absolute atomic E-state index is 0.0752. The van der Waals surface area contributed by atoms with Gasteiger partial charge >= 0.3 is 5.97 Å². The van der Waals surface area contributed by atoms with E-state index >= 15 is 0 Å².